The summed E-state index contributed by atoms with van der Waals surface area (Å²) in [6.45, 7) is 5.32. The highest BCUT2D eigenvalue weighted by atomic mass is 15.2. The topological polar surface area (TPSA) is 15.3 Å². The van der Waals surface area contributed by atoms with Crippen LogP contribution in [-0.2, 0) is 0 Å². The second-order valence-electron chi connectivity index (χ2n) is 7.13. The molecule has 1 N–H and O–H groups in total. The first-order chi connectivity index (χ1) is 9.43. The first-order valence-corrected chi connectivity index (χ1v) is 8.88. The third kappa shape index (κ3) is 3.72. The lowest BCUT2D eigenvalue weighted by Gasteiger charge is -2.30. The molecule has 0 bridgehead atoms. The highest BCUT2D eigenvalue weighted by molar-refractivity contribution is 4.87. The number of rotatable bonds is 5. The lowest BCUT2D eigenvalue weighted by Crippen LogP contribution is -2.35. The minimum absolute atomic E-state index is 0.968. The van der Waals surface area contributed by atoms with Gasteiger partial charge in [-0.25, -0.2) is 0 Å². The highest BCUT2D eigenvalue weighted by Crippen LogP contribution is 2.35. The number of piperidine rings is 1. The van der Waals surface area contributed by atoms with Crippen molar-refractivity contribution >= 4 is 0 Å². The fourth-order valence-corrected chi connectivity index (χ4v) is 4.76. The Morgan fingerprint density at radius 3 is 2.47 bits per heavy atom. The quantitative estimate of drug-likeness (QED) is 0.818. The van der Waals surface area contributed by atoms with Gasteiger partial charge >= 0.3 is 0 Å². The van der Waals surface area contributed by atoms with Gasteiger partial charge in [0.1, 0.15) is 0 Å². The van der Waals surface area contributed by atoms with Crippen molar-refractivity contribution in [2.45, 2.75) is 70.3 Å². The summed E-state index contributed by atoms with van der Waals surface area (Å²) in [5.74, 6) is 2.08. The van der Waals surface area contributed by atoms with Gasteiger partial charge in [-0.2, -0.15) is 0 Å². The molecule has 3 aliphatic rings. The van der Waals surface area contributed by atoms with E-state index in [1.807, 2.05) is 0 Å². The van der Waals surface area contributed by atoms with Crippen LogP contribution in [0.15, 0.2) is 0 Å². The average molecular weight is 264 g/mol. The van der Waals surface area contributed by atoms with Crippen molar-refractivity contribution in [1.29, 1.82) is 0 Å². The van der Waals surface area contributed by atoms with Crippen molar-refractivity contribution in [3.63, 3.8) is 0 Å². The Labute approximate surface area is 119 Å². The average Bonchev–Trinajstić information content (AvgIpc) is 3.10. The molecule has 1 unspecified atom stereocenters. The number of hydrogen-bond donors (Lipinski definition) is 1. The standard InChI is InChI=1S/C17H32N2/c1-2-7-16(6-1)17-8-4-14-19(17)13-3-5-15-9-11-18-12-10-15/h15-18H,1-14H2. The molecule has 2 nitrogen and oxygen atoms in total. The molecule has 2 heteroatoms. The van der Waals surface area contributed by atoms with Crippen LogP contribution in [0.2, 0.25) is 0 Å². The molecule has 110 valence electrons. The van der Waals surface area contributed by atoms with E-state index in [0.717, 1.165) is 17.9 Å². The second kappa shape index (κ2) is 7.08. The molecule has 1 aliphatic carbocycles. The van der Waals surface area contributed by atoms with Crippen LogP contribution in [0.4, 0.5) is 0 Å². The molecule has 3 fully saturated rings. The van der Waals surface area contributed by atoms with Gasteiger partial charge in [0.15, 0.2) is 0 Å². The SMILES string of the molecule is C1CCC(C2CCCN2CCCC2CCNCC2)C1. The molecule has 3 rings (SSSR count). The molecule has 0 aromatic heterocycles. The van der Waals surface area contributed by atoms with Gasteiger partial charge in [-0.15, -0.1) is 0 Å². The Morgan fingerprint density at radius 2 is 1.68 bits per heavy atom. The van der Waals surface area contributed by atoms with Gasteiger partial charge in [0.2, 0.25) is 0 Å². The Hall–Kier alpha value is -0.0800. The molecule has 1 saturated carbocycles. The summed E-state index contributed by atoms with van der Waals surface area (Å²) in [5.41, 5.74) is 0. The van der Waals surface area contributed by atoms with E-state index < -0.39 is 0 Å². The number of likely N-dealkylation sites (tertiary alicyclic amines) is 1. The van der Waals surface area contributed by atoms with Crippen LogP contribution < -0.4 is 5.32 Å². The maximum Gasteiger partial charge on any atom is 0.0124 e. The van der Waals surface area contributed by atoms with Crippen molar-refractivity contribution in [3.05, 3.63) is 0 Å². The Morgan fingerprint density at radius 1 is 0.895 bits per heavy atom. The second-order valence-corrected chi connectivity index (χ2v) is 7.13. The minimum atomic E-state index is 0.968. The minimum Gasteiger partial charge on any atom is -0.317 e. The summed E-state index contributed by atoms with van der Waals surface area (Å²) in [6.07, 6.45) is 14.8. The summed E-state index contributed by atoms with van der Waals surface area (Å²) in [4.78, 5) is 2.86. The lowest BCUT2D eigenvalue weighted by atomic mass is 9.92. The Bertz CT molecular complexity index is 254. The third-order valence-corrected chi connectivity index (χ3v) is 5.87. The van der Waals surface area contributed by atoms with Crippen LogP contribution in [0.3, 0.4) is 0 Å². The fraction of sp³-hybridized carbons (Fsp3) is 1.00. The summed E-state index contributed by atoms with van der Waals surface area (Å²) in [7, 11) is 0. The smallest absolute Gasteiger partial charge is 0.0124 e. The molecule has 2 aliphatic heterocycles. The molecule has 0 aromatic rings. The van der Waals surface area contributed by atoms with E-state index >= 15 is 0 Å². The van der Waals surface area contributed by atoms with Gasteiger partial charge in [0.05, 0.1) is 0 Å². The van der Waals surface area contributed by atoms with Gasteiger partial charge < -0.3 is 10.2 Å². The highest BCUT2D eigenvalue weighted by Gasteiger charge is 2.32. The van der Waals surface area contributed by atoms with Crippen LogP contribution in [0.5, 0.6) is 0 Å². The normalized spacial score (nSPS) is 31.3. The van der Waals surface area contributed by atoms with E-state index in [1.54, 1.807) is 0 Å². The zero-order valence-electron chi connectivity index (χ0n) is 12.6. The first-order valence-electron chi connectivity index (χ1n) is 8.88. The van der Waals surface area contributed by atoms with Crippen molar-refractivity contribution < 1.29 is 0 Å². The zero-order valence-corrected chi connectivity index (χ0v) is 12.6. The van der Waals surface area contributed by atoms with Crippen LogP contribution in [0.1, 0.15) is 64.2 Å². The van der Waals surface area contributed by atoms with Gasteiger partial charge in [-0.3, -0.25) is 0 Å². The lowest BCUT2D eigenvalue weighted by molar-refractivity contribution is 0.182. The molecule has 0 amide bonds. The third-order valence-electron chi connectivity index (χ3n) is 5.87. The number of hydrogen-bond acceptors (Lipinski definition) is 2. The molecule has 0 aromatic carbocycles. The summed E-state index contributed by atoms with van der Waals surface area (Å²) >= 11 is 0. The first kappa shape index (κ1) is 13.9. The van der Waals surface area contributed by atoms with E-state index in [0.29, 0.717) is 0 Å². The number of nitrogens with zero attached hydrogens (tertiary/aromatic N) is 1. The van der Waals surface area contributed by atoms with Crippen LogP contribution in [0, 0.1) is 11.8 Å². The molecule has 2 saturated heterocycles. The molecule has 0 spiro atoms. The van der Waals surface area contributed by atoms with Gasteiger partial charge in [0.25, 0.3) is 0 Å². The Kier molecular flexibility index (Phi) is 5.17. The number of nitrogens with one attached hydrogen (secondary N) is 1. The largest absolute Gasteiger partial charge is 0.317 e. The van der Waals surface area contributed by atoms with E-state index in [4.69, 9.17) is 0 Å². The monoisotopic (exact) mass is 264 g/mol. The molecule has 1 atom stereocenters. The Balaban J connectivity index is 1.38. The summed E-state index contributed by atoms with van der Waals surface area (Å²) in [6, 6.07) is 0.968. The summed E-state index contributed by atoms with van der Waals surface area (Å²) < 4.78 is 0. The van der Waals surface area contributed by atoms with Crippen molar-refractivity contribution in [3.8, 4) is 0 Å². The maximum absolute atomic E-state index is 3.48. The van der Waals surface area contributed by atoms with E-state index in [-0.39, 0.29) is 0 Å². The molecule has 0 radical (unpaired) electrons. The predicted octanol–water partition coefficient (Wildman–Crippen LogP) is 3.42. The zero-order chi connectivity index (χ0) is 12.9. The van der Waals surface area contributed by atoms with E-state index in [2.05, 4.69) is 10.2 Å². The van der Waals surface area contributed by atoms with Crippen molar-refractivity contribution in [2.75, 3.05) is 26.2 Å². The maximum atomic E-state index is 3.48. The van der Waals surface area contributed by atoms with Crippen molar-refractivity contribution in [2.24, 2.45) is 11.8 Å². The van der Waals surface area contributed by atoms with Crippen molar-refractivity contribution in [1.82, 2.24) is 10.2 Å². The molecule has 19 heavy (non-hydrogen) atoms. The fourth-order valence-electron chi connectivity index (χ4n) is 4.76. The molecule has 2 heterocycles. The van der Waals surface area contributed by atoms with Crippen LogP contribution in [0.25, 0.3) is 0 Å². The predicted molar refractivity (Wildman–Crippen MR) is 81.4 cm³/mol. The van der Waals surface area contributed by atoms with Gasteiger partial charge in [0, 0.05) is 6.04 Å². The molecular weight excluding hydrogens is 232 g/mol. The van der Waals surface area contributed by atoms with Crippen LogP contribution in [-0.4, -0.2) is 37.1 Å². The molecular formula is C17H32N2. The van der Waals surface area contributed by atoms with E-state index in [1.165, 1.54) is 90.4 Å². The summed E-state index contributed by atoms with van der Waals surface area (Å²) in [5, 5.41) is 3.48. The van der Waals surface area contributed by atoms with Crippen LogP contribution >= 0.6 is 0 Å². The van der Waals surface area contributed by atoms with Gasteiger partial charge in [-0.05, 0) is 89.4 Å². The van der Waals surface area contributed by atoms with E-state index in [9.17, 15) is 0 Å². The van der Waals surface area contributed by atoms with Gasteiger partial charge in [-0.1, -0.05) is 12.8 Å².